The summed E-state index contributed by atoms with van der Waals surface area (Å²) >= 11 is 0. The molecule has 2 aromatic rings. The molecule has 2 rings (SSSR count). The van der Waals surface area contributed by atoms with E-state index in [0.717, 1.165) is 12.1 Å². The lowest BCUT2D eigenvalue weighted by Crippen LogP contribution is -2.07. The lowest BCUT2D eigenvalue weighted by Gasteiger charge is -2.04. The quantitative estimate of drug-likeness (QED) is 0.866. The minimum Gasteiger partial charge on any atom is -0.478 e. The molecule has 0 bridgehead atoms. The van der Waals surface area contributed by atoms with E-state index in [1.165, 1.54) is 6.20 Å². The second-order valence-corrected chi connectivity index (χ2v) is 3.74. The van der Waals surface area contributed by atoms with Crippen molar-refractivity contribution in [2.45, 2.75) is 19.9 Å². The standard InChI is InChI=1S/C12H13N3O2/c1-9-11(12(16)17)8-14-15(9)7-5-10-4-2-3-6-13-10/h2-4,6,8H,5,7H2,1H3,(H,16,17). The Hall–Kier alpha value is -2.17. The van der Waals surface area contributed by atoms with Gasteiger partial charge >= 0.3 is 5.97 Å². The summed E-state index contributed by atoms with van der Waals surface area (Å²) in [5.74, 6) is -0.938. The first-order valence-electron chi connectivity index (χ1n) is 5.34. The molecular weight excluding hydrogens is 218 g/mol. The number of aromatic carboxylic acids is 1. The summed E-state index contributed by atoms with van der Waals surface area (Å²) in [6.07, 6.45) is 3.87. The third-order valence-electron chi connectivity index (χ3n) is 2.64. The molecule has 0 radical (unpaired) electrons. The van der Waals surface area contributed by atoms with Crippen molar-refractivity contribution in [3.8, 4) is 0 Å². The number of rotatable bonds is 4. The SMILES string of the molecule is Cc1c(C(=O)O)cnn1CCc1ccccn1. The van der Waals surface area contributed by atoms with Crippen LogP contribution in [0.3, 0.4) is 0 Å². The first kappa shape index (κ1) is 11.3. The molecule has 1 N–H and O–H groups in total. The Morgan fingerprint density at radius 1 is 1.47 bits per heavy atom. The topological polar surface area (TPSA) is 68.0 Å². The number of carbonyl (C=O) groups is 1. The van der Waals surface area contributed by atoms with E-state index in [2.05, 4.69) is 10.1 Å². The molecule has 2 heterocycles. The van der Waals surface area contributed by atoms with E-state index < -0.39 is 5.97 Å². The molecule has 17 heavy (non-hydrogen) atoms. The summed E-state index contributed by atoms with van der Waals surface area (Å²) in [5, 5.41) is 13.0. The van der Waals surface area contributed by atoms with E-state index >= 15 is 0 Å². The monoisotopic (exact) mass is 231 g/mol. The first-order valence-corrected chi connectivity index (χ1v) is 5.34. The van der Waals surface area contributed by atoms with Crippen molar-refractivity contribution >= 4 is 5.97 Å². The Morgan fingerprint density at radius 3 is 2.88 bits per heavy atom. The Labute approximate surface area is 98.7 Å². The van der Waals surface area contributed by atoms with E-state index in [1.807, 2.05) is 18.2 Å². The fourth-order valence-corrected chi connectivity index (χ4v) is 1.65. The van der Waals surface area contributed by atoms with Crippen LogP contribution in [0.15, 0.2) is 30.6 Å². The van der Waals surface area contributed by atoms with Crippen LogP contribution in [-0.4, -0.2) is 25.8 Å². The maximum absolute atomic E-state index is 10.8. The van der Waals surface area contributed by atoms with Crippen LogP contribution in [0.1, 0.15) is 21.7 Å². The predicted octanol–water partition coefficient (Wildman–Crippen LogP) is 1.53. The van der Waals surface area contributed by atoms with Crippen LogP contribution in [0.25, 0.3) is 0 Å². The molecule has 2 aromatic heterocycles. The Kier molecular flexibility index (Phi) is 3.18. The summed E-state index contributed by atoms with van der Waals surface area (Å²) in [7, 11) is 0. The number of hydrogen-bond acceptors (Lipinski definition) is 3. The van der Waals surface area contributed by atoms with E-state index in [1.54, 1.807) is 17.8 Å². The second-order valence-electron chi connectivity index (χ2n) is 3.74. The average Bonchev–Trinajstić information content (AvgIpc) is 2.69. The van der Waals surface area contributed by atoms with Crippen molar-refractivity contribution in [3.63, 3.8) is 0 Å². The lowest BCUT2D eigenvalue weighted by molar-refractivity contribution is 0.0696. The van der Waals surface area contributed by atoms with Gasteiger partial charge in [0.05, 0.1) is 6.20 Å². The molecule has 88 valence electrons. The number of carboxylic acid groups (broad SMARTS) is 1. The van der Waals surface area contributed by atoms with Crippen molar-refractivity contribution in [3.05, 3.63) is 47.5 Å². The summed E-state index contributed by atoms with van der Waals surface area (Å²) < 4.78 is 1.69. The van der Waals surface area contributed by atoms with E-state index in [4.69, 9.17) is 5.11 Å². The molecule has 5 heteroatoms. The van der Waals surface area contributed by atoms with Gasteiger partial charge in [0.25, 0.3) is 0 Å². The van der Waals surface area contributed by atoms with Crippen molar-refractivity contribution in [2.24, 2.45) is 0 Å². The van der Waals surface area contributed by atoms with Crippen LogP contribution >= 0.6 is 0 Å². The van der Waals surface area contributed by atoms with Crippen LogP contribution in [0, 0.1) is 6.92 Å². The molecule has 0 aromatic carbocycles. The number of pyridine rings is 1. The number of carboxylic acids is 1. The highest BCUT2D eigenvalue weighted by Crippen LogP contribution is 2.08. The molecule has 0 saturated carbocycles. The summed E-state index contributed by atoms with van der Waals surface area (Å²) in [5.41, 5.74) is 1.90. The van der Waals surface area contributed by atoms with Gasteiger partial charge in [-0.25, -0.2) is 4.79 Å². The van der Waals surface area contributed by atoms with Crippen LogP contribution in [0.5, 0.6) is 0 Å². The lowest BCUT2D eigenvalue weighted by atomic mass is 10.2. The fourth-order valence-electron chi connectivity index (χ4n) is 1.65. The van der Waals surface area contributed by atoms with Gasteiger partial charge in [0.15, 0.2) is 0 Å². The highest BCUT2D eigenvalue weighted by molar-refractivity contribution is 5.88. The number of aromatic nitrogens is 3. The summed E-state index contributed by atoms with van der Waals surface area (Å²) in [6.45, 7) is 2.39. The van der Waals surface area contributed by atoms with Crippen LogP contribution in [0.4, 0.5) is 0 Å². The summed E-state index contributed by atoms with van der Waals surface area (Å²) in [6, 6.07) is 5.74. The molecular formula is C12H13N3O2. The zero-order valence-corrected chi connectivity index (χ0v) is 9.50. The summed E-state index contributed by atoms with van der Waals surface area (Å²) in [4.78, 5) is 15.1. The highest BCUT2D eigenvalue weighted by Gasteiger charge is 2.12. The molecule has 0 saturated heterocycles. The molecule has 0 aliphatic rings. The molecule has 0 unspecified atom stereocenters. The zero-order chi connectivity index (χ0) is 12.3. The maximum Gasteiger partial charge on any atom is 0.339 e. The van der Waals surface area contributed by atoms with E-state index in [9.17, 15) is 4.79 Å². The van der Waals surface area contributed by atoms with Gasteiger partial charge < -0.3 is 5.11 Å². The van der Waals surface area contributed by atoms with Crippen molar-refractivity contribution in [1.29, 1.82) is 0 Å². The van der Waals surface area contributed by atoms with Gasteiger partial charge in [0.2, 0.25) is 0 Å². The number of aryl methyl sites for hydroxylation is 2. The van der Waals surface area contributed by atoms with Crippen molar-refractivity contribution in [2.75, 3.05) is 0 Å². The molecule has 0 aliphatic carbocycles. The number of hydrogen-bond donors (Lipinski definition) is 1. The van der Waals surface area contributed by atoms with E-state index in [-0.39, 0.29) is 5.56 Å². The first-order chi connectivity index (χ1) is 8.18. The normalized spacial score (nSPS) is 10.4. The predicted molar refractivity (Wildman–Crippen MR) is 61.9 cm³/mol. The van der Waals surface area contributed by atoms with Gasteiger partial charge in [0, 0.05) is 30.6 Å². The smallest absolute Gasteiger partial charge is 0.339 e. The number of nitrogens with zero attached hydrogens (tertiary/aromatic N) is 3. The minimum atomic E-state index is -0.938. The molecule has 0 fully saturated rings. The minimum absolute atomic E-state index is 0.256. The second kappa shape index (κ2) is 4.78. The Balaban J connectivity index is 2.07. The largest absolute Gasteiger partial charge is 0.478 e. The average molecular weight is 231 g/mol. The van der Waals surface area contributed by atoms with Gasteiger partial charge in [-0.15, -0.1) is 0 Å². The van der Waals surface area contributed by atoms with E-state index in [0.29, 0.717) is 12.2 Å². The molecule has 0 spiro atoms. The van der Waals surface area contributed by atoms with Gasteiger partial charge in [-0.2, -0.15) is 5.10 Å². The fraction of sp³-hybridized carbons (Fsp3) is 0.250. The maximum atomic E-state index is 10.8. The van der Waals surface area contributed by atoms with Gasteiger partial charge in [-0.3, -0.25) is 9.67 Å². The molecule has 0 amide bonds. The molecule has 0 atom stereocenters. The van der Waals surface area contributed by atoms with Gasteiger partial charge in [-0.1, -0.05) is 6.07 Å². The van der Waals surface area contributed by atoms with Crippen LogP contribution < -0.4 is 0 Å². The molecule has 0 aliphatic heterocycles. The Bertz CT molecular complexity index is 520. The van der Waals surface area contributed by atoms with Gasteiger partial charge in [-0.05, 0) is 19.1 Å². The van der Waals surface area contributed by atoms with Crippen molar-refractivity contribution < 1.29 is 9.90 Å². The van der Waals surface area contributed by atoms with Crippen molar-refractivity contribution in [1.82, 2.24) is 14.8 Å². The van der Waals surface area contributed by atoms with Crippen LogP contribution in [0.2, 0.25) is 0 Å². The third kappa shape index (κ3) is 2.50. The Morgan fingerprint density at radius 2 is 2.29 bits per heavy atom. The zero-order valence-electron chi connectivity index (χ0n) is 9.50. The third-order valence-corrected chi connectivity index (χ3v) is 2.64. The highest BCUT2D eigenvalue weighted by atomic mass is 16.4. The molecule has 5 nitrogen and oxygen atoms in total. The van der Waals surface area contributed by atoms with Crippen LogP contribution in [-0.2, 0) is 13.0 Å². The van der Waals surface area contributed by atoms with Gasteiger partial charge in [0.1, 0.15) is 5.56 Å².